The Morgan fingerprint density at radius 1 is 1.22 bits per heavy atom. The first-order valence-corrected chi connectivity index (χ1v) is 8.03. The molecule has 3 rings (SSSR count). The number of para-hydroxylation sites is 1. The fraction of sp³-hybridized carbons (Fsp3) is 0.333. The van der Waals surface area contributed by atoms with Crippen LogP contribution < -0.4 is 10.1 Å². The highest BCUT2D eigenvalue weighted by molar-refractivity contribution is 5.83. The zero-order valence-corrected chi connectivity index (χ0v) is 13.6. The van der Waals surface area contributed by atoms with Gasteiger partial charge in [-0.15, -0.1) is 0 Å². The molecule has 0 aliphatic rings. The largest absolute Gasteiger partial charge is 0.478 e. The normalized spacial score (nSPS) is 10.9. The van der Waals surface area contributed by atoms with Gasteiger partial charge in [-0.3, -0.25) is 0 Å². The molecular formula is C18H22N4O. The van der Waals surface area contributed by atoms with Gasteiger partial charge in [0.1, 0.15) is 11.6 Å². The molecule has 120 valence electrons. The molecule has 0 fully saturated rings. The van der Waals surface area contributed by atoms with Crippen molar-refractivity contribution in [3.8, 4) is 5.88 Å². The van der Waals surface area contributed by atoms with Crippen molar-refractivity contribution in [3.05, 3.63) is 47.9 Å². The van der Waals surface area contributed by atoms with E-state index in [0.29, 0.717) is 18.3 Å². The highest BCUT2D eigenvalue weighted by atomic mass is 16.5. The number of aromatic amines is 1. The van der Waals surface area contributed by atoms with Crippen molar-refractivity contribution < 1.29 is 4.74 Å². The molecule has 23 heavy (non-hydrogen) atoms. The number of nitrogens with zero attached hydrogens (tertiary/aromatic N) is 2. The number of H-pyrrole nitrogens is 1. The fourth-order valence-electron chi connectivity index (χ4n) is 2.58. The number of fused-ring (bicyclic) bond motifs is 1. The van der Waals surface area contributed by atoms with Crippen LogP contribution in [0.2, 0.25) is 0 Å². The number of ether oxygens (including phenoxy) is 1. The van der Waals surface area contributed by atoms with Gasteiger partial charge in [0.15, 0.2) is 0 Å². The summed E-state index contributed by atoms with van der Waals surface area (Å²) in [5.74, 6) is 2.16. The molecule has 0 bridgehead atoms. The van der Waals surface area contributed by atoms with Crippen LogP contribution in [0.15, 0.2) is 36.5 Å². The van der Waals surface area contributed by atoms with Crippen molar-refractivity contribution in [1.82, 2.24) is 15.0 Å². The monoisotopic (exact) mass is 310 g/mol. The van der Waals surface area contributed by atoms with Crippen LogP contribution in [0.4, 0.5) is 5.82 Å². The SMILES string of the molecule is CCCOc1cc(NCCc2c[nH]c3ccccc23)nc(C)n1. The van der Waals surface area contributed by atoms with Gasteiger partial charge in [0.25, 0.3) is 0 Å². The average molecular weight is 310 g/mol. The smallest absolute Gasteiger partial charge is 0.218 e. The maximum atomic E-state index is 5.59. The summed E-state index contributed by atoms with van der Waals surface area (Å²) in [6.07, 6.45) is 3.97. The lowest BCUT2D eigenvalue weighted by molar-refractivity contribution is 0.304. The molecule has 0 saturated carbocycles. The van der Waals surface area contributed by atoms with Gasteiger partial charge in [-0.1, -0.05) is 25.1 Å². The quantitative estimate of drug-likeness (QED) is 0.698. The zero-order valence-electron chi connectivity index (χ0n) is 13.6. The van der Waals surface area contributed by atoms with Crippen LogP contribution in [0.3, 0.4) is 0 Å². The van der Waals surface area contributed by atoms with Gasteiger partial charge >= 0.3 is 0 Å². The Hall–Kier alpha value is -2.56. The van der Waals surface area contributed by atoms with E-state index >= 15 is 0 Å². The van der Waals surface area contributed by atoms with Crippen LogP contribution in [0.1, 0.15) is 24.7 Å². The number of aryl methyl sites for hydroxylation is 1. The lowest BCUT2D eigenvalue weighted by Crippen LogP contribution is -2.08. The molecule has 5 heteroatoms. The van der Waals surface area contributed by atoms with Crippen molar-refractivity contribution in [2.24, 2.45) is 0 Å². The summed E-state index contributed by atoms with van der Waals surface area (Å²) in [6.45, 7) is 5.44. The van der Waals surface area contributed by atoms with Crippen molar-refractivity contribution in [3.63, 3.8) is 0 Å². The molecule has 1 aromatic carbocycles. The first-order chi connectivity index (χ1) is 11.3. The second-order valence-electron chi connectivity index (χ2n) is 5.52. The number of nitrogens with one attached hydrogen (secondary N) is 2. The highest BCUT2D eigenvalue weighted by Crippen LogP contribution is 2.18. The van der Waals surface area contributed by atoms with Gasteiger partial charge in [0.05, 0.1) is 6.61 Å². The Kier molecular flexibility index (Phi) is 4.76. The third-order valence-corrected chi connectivity index (χ3v) is 3.64. The molecular weight excluding hydrogens is 288 g/mol. The van der Waals surface area contributed by atoms with E-state index in [1.807, 2.05) is 19.1 Å². The summed E-state index contributed by atoms with van der Waals surface area (Å²) in [7, 11) is 0. The van der Waals surface area contributed by atoms with E-state index in [4.69, 9.17) is 4.74 Å². The van der Waals surface area contributed by atoms with Gasteiger partial charge in [-0.2, -0.15) is 4.98 Å². The second kappa shape index (κ2) is 7.13. The Labute approximate surface area is 136 Å². The van der Waals surface area contributed by atoms with Crippen LogP contribution in [-0.2, 0) is 6.42 Å². The minimum atomic E-state index is 0.633. The molecule has 0 spiro atoms. The summed E-state index contributed by atoms with van der Waals surface area (Å²) in [5, 5.41) is 4.64. The zero-order chi connectivity index (χ0) is 16.1. The minimum Gasteiger partial charge on any atom is -0.478 e. The molecule has 3 aromatic rings. The van der Waals surface area contributed by atoms with Crippen molar-refractivity contribution in [2.45, 2.75) is 26.7 Å². The highest BCUT2D eigenvalue weighted by Gasteiger charge is 2.05. The van der Waals surface area contributed by atoms with Gasteiger partial charge in [-0.05, 0) is 31.4 Å². The van der Waals surface area contributed by atoms with Gasteiger partial charge in [0.2, 0.25) is 5.88 Å². The molecule has 5 nitrogen and oxygen atoms in total. The third-order valence-electron chi connectivity index (χ3n) is 3.64. The maximum Gasteiger partial charge on any atom is 0.218 e. The molecule has 0 radical (unpaired) electrons. The van der Waals surface area contributed by atoms with E-state index in [1.165, 1.54) is 16.5 Å². The maximum absolute atomic E-state index is 5.59. The summed E-state index contributed by atoms with van der Waals surface area (Å²) >= 11 is 0. The van der Waals surface area contributed by atoms with Crippen LogP contribution in [0.5, 0.6) is 5.88 Å². The topological polar surface area (TPSA) is 62.8 Å². The number of benzene rings is 1. The van der Waals surface area contributed by atoms with Crippen LogP contribution >= 0.6 is 0 Å². The Balaban J connectivity index is 1.63. The van der Waals surface area contributed by atoms with Crippen molar-refractivity contribution >= 4 is 16.7 Å². The Bertz CT molecular complexity index is 782. The molecule has 2 N–H and O–H groups in total. The first-order valence-electron chi connectivity index (χ1n) is 8.03. The number of hydrogen-bond donors (Lipinski definition) is 2. The first kappa shape index (κ1) is 15.3. The van der Waals surface area contributed by atoms with E-state index in [1.54, 1.807) is 0 Å². The molecule has 0 atom stereocenters. The lowest BCUT2D eigenvalue weighted by atomic mass is 10.1. The number of anilines is 1. The summed E-state index contributed by atoms with van der Waals surface area (Å²) in [5.41, 5.74) is 2.48. The molecule has 0 aliphatic heterocycles. The van der Waals surface area contributed by atoms with Crippen LogP contribution in [0, 0.1) is 6.92 Å². The van der Waals surface area contributed by atoms with Crippen LogP contribution in [0.25, 0.3) is 10.9 Å². The predicted molar refractivity (Wildman–Crippen MR) is 93.0 cm³/mol. The standard InChI is InChI=1S/C18H22N4O/c1-3-10-23-18-11-17(21-13(2)22-18)19-9-8-14-12-20-16-7-5-4-6-15(14)16/h4-7,11-12,20H,3,8-10H2,1-2H3,(H,19,21,22). The number of rotatable bonds is 7. The van der Waals surface area contributed by atoms with Gasteiger partial charge < -0.3 is 15.0 Å². The molecule has 2 heterocycles. The number of aromatic nitrogens is 3. The molecule has 0 amide bonds. The van der Waals surface area contributed by atoms with Gasteiger partial charge in [0, 0.05) is 29.7 Å². The Morgan fingerprint density at radius 3 is 2.96 bits per heavy atom. The van der Waals surface area contributed by atoms with Crippen LogP contribution in [-0.4, -0.2) is 28.1 Å². The second-order valence-corrected chi connectivity index (χ2v) is 5.52. The fourth-order valence-corrected chi connectivity index (χ4v) is 2.58. The molecule has 0 aliphatic carbocycles. The van der Waals surface area contributed by atoms with Gasteiger partial charge in [-0.25, -0.2) is 4.98 Å². The summed E-state index contributed by atoms with van der Waals surface area (Å²) < 4.78 is 5.59. The third kappa shape index (κ3) is 3.80. The average Bonchev–Trinajstić information content (AvgIpc) is 2.96. The van der Waals surface area contributed by atoms with Crippen molar-refractivity contribution in [1.29, 1.82) is 0 Å². The van der Waals surface area contributed by atoms with E-state index in [-0.39, 0.29) is 0 Å². The van der Waals surface area contributed by atoms with E-state index in [9.17, 15) is 0 Å². The lowest BCUT2D eigenvalue weighted by Gasteiger charge is -2.09. The summed E-state index contributed by atoms with van der Waals surface area (Å²) in [4.78, 5) is 12.0. The molecule has 0 unspecified atom stereocenters. The minimum absolute atomic E-state index is 0.633. The van der Waals surface area contributed by atoms with E-state index in [0.717, 1.165) is 25.2 Å². The van der Waals surface area contributed by atoms with E-state index < -0.39 is 0 Å². The molecule has 2 aromatic heterocycles. The molecule has 0 saturated heterocycles. The van der Waals surface area contributed by atoms with Crippen molar-refractivity contribution in [2.75, 3.05) is 18.5 Å². The number of hydrogen-bond acceptors (Lipinski definition) is 4. The van der Waals surface area contributed by atoms with E-state index in [2.05, 4.69) is 51.6 Å². The predicted octanol–water partition coefficient (Wildman–Crippen LogP) is 3.71. The summed E-state index contributed by atoms with van der Waals surface area (Å²) in [6, 6.07) is 10.2. The Morgan fingerprint density at radius 2 is 2.09 bits per heavy atom.